The Morgan fingerprint density at radius 3 is 2.68 bits per heavy atom. The summed E-state index contributed by atoms with van der Waals surface area (Å²) in [5.41, 5.74) is 9.00. The molecule has 3 aromatic rings. The van der Waals surface area contributed by atoms with Gasteiger partial charge in [-0.25, -0.2) is 4.39 Å². The standard InChI is InChI=1S/C15H12BrFN2/c16-9-5-6-13-11(7-9)15(14(8-18)19-13)10-3-1-2-4-12(10)17/h1-7,19H,8,18H2. The summed E-state index contributed by atoms with van der Waals surface area (Å²) in [5.74, 6) is -0.238. The Morgan fingerprint density at radius 1 is 1.16 bits per heavy atom. The number of benzene rings is 2. The zero-order chi connectivity index (χ0) is 13.4. The van der Waals surface area contributed by atoms with Gasteiger partial charge in [0, 0.05) is 38.7 Å². The summed E-state index contributed by atoms with van der Waals surface area (Å²) in [5, 5.41) is 0.972. The van der Waals surface area contributed by atoms with Gasteiger partial charge < -0.3 is 10.7 Å². The number of H-pyrrole nitrogens is 1. The van der Waals surface area contributed by atoms with Crippen molar-refractivity contribution in [3.8, 4) is 11.1 Å². The molecule has 0 bridgehead atoms. The second kappa shape index (κ2) is 4.79. The van der Waals surface area contributed by atoms with Gasteiger partial charge in [-0.05, 0) is 24.3 Å². The van der Waals surface area contributed by atoms with Crippen molar-refractivity contribution in [1.29, 1.82) is 0 Å². The molecule has 0 unspecified atom stereocenters. The van der Waals surface area contributed by atoms with Crippen LogP contribution < -0.4 is 5.73 Å². The fraction of sp³-hybridized carbons (Fsp3) is 0.0667. The van der Waals surface area contributed by atoms with Crippen molar-refractivity contribution in [1.82, 2.24) is 4.98 Å². The average molecular weight is 319 g/mol. The number of hydrogen-bond donors (Lipinski definition) is 2. The van der Waals surface area contributed by atoms with Crippen LogP contribution in [0.3, 0.4) is 0 Å². The van der Waals surface area contributed by atoms with E-state index in [0.29, 0.717) is 12.1 Å². The van der Waals surface area contributed by atoms with Gasteiger partial charge in [0.2, 0.25) is 0 Å². The van der Waals surface area contributed by atoms with Crippen LogP contribution in [0.25, 0.3) is 22.0 Å². The summed E-state index contributed by atoms with van der Waals surface area (Å²) in [6.07, 6.45) is 0. The SMILES string of the molecule is NCc1[nH]c2ccc(Br)cc2c1-c1ccccc1F. The van der Waals surface area contributed by atoms with Crippen LogP contribution in [-0.2, 0) is 6.54 Å². The normalized spacial score (nSPS) is 11.1. The molecule has 0 saturated carbocycles. The van der Waals surface area contributed by atoms with Crippen molar-refractivity contribution in [2.75, 3.05) is 0 Å². The van der Waals surface area contributed by atoms with Crippen LogP contribution in [0.4, 0.5) is 4.39 Å². The lowest BCUT2D eigenvalue weighted by Crippen LogP contribution is -1.99. The van der Waals surface area contributed by atoms with Gasteiger partial charge >= 0.3 is 0 Å². The number of aromatic amines is 1. The second-order valence-electron chi connectivity index (χ2n) is 4.35. The van der Waals surface area contributed by atoms with E-state index in [9.17, 15) is 4.39 Å². The fourth-order valence-electron chi connectivity index (χ4n) is 2.34. The first-order chi connectivity index (χ1) is 9.20. The molecule has 3 N–H and O–H groups in total. The third-order valence-electron chi connectivity index (χ3n) is 3.19. The van der Waals surface area contributed by atoms with E-state index in [-0.39, 0.29) is 5.82 Å². The number of aromatic nitrogens is 1. The number of hydrogen-bond acceptors (Lipinski definition) is 1. The van der Waals surface area contributed by atoms with Gasteiger partial charge in [-0.1, -0.05) is 34.1 Å². The molecule has 3 rings (SSSR count). The third kappa shape index (κ3) is 2.07. The number of nitrogens with two attached hydrogens (primary N) is 1. The number of halogens is 2. The maximum atomic E-state index is 14.0. The molecular weight excluding hydrogens is 307 g/mol. The van der Waals surface area contributed by atoms with Crippen molar-refractivity contribution < 1.29 is 4.39 Å². The molecule has 2 nitrogen and oxygen atoms in total. The minimum Gasteiger partial charge on any atom is -0.357 e. The summed E-state index contributed by atoms with van der Waals surface area (Å²) in [4.78, 5) is 3.25. The zero-order valence-corrected chi connectivity index (χ0v) is 11.7. The Labute approximate surface area is 118 Å². The van der Waals surface area contributed by atoms with E-state index in [1.54, 1.807) is 12.1 Å². The maximum Gasteiger partial charge on any atom is 0.131 e. The van der Waals surface area contributed by atoms with E-state index >= 15 is 0 Å². The monoisotopic (exact) mass is 318 g/mol. The summed E-state index contributed by atoms with van der Waals surface area (Å²) in [6, 6.07) is 12.6. The van der Waals surface area contributed by atoms with Crippen LogP contribution in [0.15, 0.2) is 46.9 Å². The fourth-order valence-corrected chi connectivity index (χ4v) is 2.71. The van der Waals surface area contributed by atoms with Crippen molar-refractivity contribution in [2.45, 2.75) is 6.54 Å². The molecule has 0 aliphatic rings. The molecule has 0 atom stereocenters. The maximum absolute atomic E-state index is 14.0. The number of nitrogens with one attached hydrogen (secondary N) is 1. The topological polar surface area (TPSA) is 41.8 Å². The van der Waals surface area contributed by atoms with Gasteiger partial charge in [-0.2, -0.15) is 0 Å². The van der Waals surface area contributed by atoms with Gasteiger partial charge in [0.15, 0.2) is 0 Å². The predicted molar refractivity (Wildman–Crippen MR) is 79.3 cm³/mol. The molecule has 0 aliphatic carbocycles. The minimum absolute atomic E-state index is 0.238. The minimum atomic E-state index is -0.238. The Kier molecular flexibility index (Phi) is 3.12. The van der Waals surface area contributed by atoms with E-state index in [2.05, 4.69) is 20.9 Å². The first-order valence-electron chi connectivity index (χ1n) is 5.96. The highest BCUT2D eigenvalue weighted by Gasteiger charge is 2.15. The molecule has 4 heteroatoms. The zero-order valence-electron chi connectivity index (χ0n) is 10.1. The first kappa shape index (κ1) is 12.4. The van der Waals surface area contributed by atoms with E-state index in [4.69, 9.17) is 5.73 Å². The van der Waals surface area contributed by atoms with E-state index in [1.807, 2.05) is 24.3 Å². The highest BCUT2D eigenvalue weighted by Crippen LogP contribution is 2.35. The molecule has 0 fully saturated rings. The predicted octanol–water partition coefficient (Wildman–Crippen LogP) is 4.20. The lowest BCUT2D eigenvalue weighted by Gasteiger charge is -2.05. The van der Waals surface area contributed by atoms with Crippen LogP contribution >= 0.6 is 15.9 Å². The van der Waals surface area contributed by atoms with Crippen LogP contribution in [0.1, 0.15) is 5.69 Å². The molecule has 0 saturated heterocycles. The third-order valence-corrected chi connectivity index (χ3v) is 3.68. The molecule has 2 aromatic carbocycles. The van der Waals surface area contributed by atoms with Crippen molar-refractivity contribution >= 4 is 26.8 Å². The molecule has 0 aliphatic heterocycles. The van der Waals surface area contributed by atoms with Gasteiger partial charge in [0.1, 0.15) is 5.82 Å². The van der Waals surface area contributed by atoms with Gasteiger partial charge in [0.05, 0.1) is 0 Å². The molecule has 0 amide bonds. The Morgan fingerprint density at radius 2 is 1.95 bits per heavy atom. The van der Waals surface area contributed by atoms with Gasteiger partial charge in [-0.15, -0.1) is 0 Å². The molecule has 1 heterocycles. The Hall–Kier alpha value is -1.65. The Balaban J connectivity index is 2.38. The lowest BCUT2D eigenvalue weighted by molar-refractivity contribution is 0.631. The molecule has 19 heavy (non-hydrogen) atoms. The summed E-state index contributed by atoms with van der Waals surface area (Å²) in [6.45, 7) is 0.343. The largest absolute Gasteiger partial charge is 0.357 e. The number of fused-ring (bicyclic) bond motifs is 1. The van der Waals surface area contributed by atoms with Crippen molar-refractivity contribution in [3.63, 3.8) is 0 Å². The molecule has 1 aromatic heterocycles. The van der Waals surface area contributed by atoms with E-state index in [1.165, 1.54) is 6.07 Å². The molecule has 0 radical (unpaired) electrons. The summed E-state index contributed by atoms with van der Waals surface area (Å²) < 4.78 is 15.0. The molecule has 0 spiro atoms. The Bertz CT molecular complexity index is 749. The van der Waals surface area contributed by atoms with Crippen LogP contribution in [0, 0.1) is 5.82 Å². The van der Waals surface area contributed by atoms with E-state index < -0.39 is 0 Å². The van der Waals surface area contributed by atoms with Gasteiger partial charge in [0.25, 0.3) is 0 Å². The van der Waals surface area contributed by atoms with Crippen molar-refractivity contribution in [3.05, 3.63) is 58.4 Å². The molecular formula is C15H12BrFN2. The summed E-state index contributed by atoms with van der Waals surface area (Å²) >= 11 is 3.45. The highest BCUT2D eigenvalue weighted by atomic mass is 79.9. The average Bonchev–Trinajstić information content (AvgIpc) is 2.77. The smallest absolute Gasteiger partial charge is 0.131 e. The molecule has 96 valence electrons. The van der Waals surface area contributed by atoms with Gasteiger partial charge in [-0.3, -0.25) is 0 Å². The number of rotatable bonds is 2. The quantitative estimate of drug-likeness (QED) is 0.730. The summed E-state index contributed by atoms with van der Waals surface area (Å²) in [7, 11) is 0. The lowest BCUT2D eigenvalue weighted by atomic mass is 10.0. The van der Waals surface area contributed by atoms with Crippen molar-refractivity contribution in [2.24, 2.45) is 5.73 Å². The van der Waals surface area contributed by atoms with Crippen LogP contribution in [-0.4, -0.2) is 4.98 Å². The van der Waals surface area contributed by atoms with Crippen LogP contribution in [0.2, 0.25) is 0 Å². The highest BCUT2D eigenvalue weighted by molar-refractivity contribution is 9.10. The first-order valence-corrected chi connectivity index (χ1v) is 6.75. The van der Waals surface area contributed by atoms with Crippen LogP contribution in [0.5, 0.6) is 0 Å². The second-order valence-corrected chi connectivity index (χ2v) is 5.27. The van der Waals surface area contributed by atoms with E-state index in [0.717, 1.165) is 26.6 Å².